The summed E-state index contributed by atoms with van der Waals surface area (Å²) in [6, 6.07) is 13.7. The van der Waals surface area contributed by atoms with Gasteiger partial charge in [-0.25, -0.2) is 8.42 Å². The number of benzene rings is 2. The first-order chi connectivity index (χ1) is 14.4. The van der Waals surface area contributed by atoms with Gasteiger partial charge >= 0.3 is 0 Å². The van der Waals surface area contributed by atoms with Crippen molar-refractivity contribution in [1.82, 2.24) is 4.31 Å². The van der Waals surface area contributed by atoms with Crippen LogP contribution >= 0.6 is 0 Å². The standard InChI is InChI=1S/C22H28N2O5S/c1-28-19-13-18(14-20(15-19)29-2)23-22(25)11-10-17-7-6-12-24(16-17)30(26,27)21-8-4-3-5-9-21/h3-5,8-9,13-15,17H,6-7,10-12,16H2,1-2H3,(H,23,25). The van der Waals surface area contributed by atoms with E-state index in [1.54, 1.807) is 67.1 Å². The lowest BCUT2D eigenvalue weighted by Crippen LogP contribution is -2.40. The van der Waals surface area contributed by atoms with Crippen molar-refractivity contribution in [1.29, 1.82) is 0 Å². The Morgan fingerprint density at radius 1 is 1.10 bits per heavy atom. The second-order valence-electron chi connectivity index (χ2n) is 7.37. The zero-order chi connectivity index (χ0) is 21.6. The predicted octanol–water partition coefficient (Wildman–Crippen LogP) is 3.52. The number of anilines is 1. The van der Waals surface area contributed by atoms with Gasteiger partial charge in [0.05, 0.1) is 19.1 Å². The zero-order valence-electron chi connectivity index (χ0n) is 17.3. The molecular weight excluding hydrogens is 404 g/mol. The third-order valence-corrected chi connectivity index (χ3v) is 7.16. The fourth-order valence-corrected chi connectivity index (χ4v) is 5.24. The minimum atomic E-state index is -3.49. The molecule has 0 aromatic heterocycles. The Kier molecular flexibility index (Phi) is 7.33. The quantitative estimate of drug-likeness (QED) is 0.690. The van der Waals surface area contributed by atoms with Crippen molar-refractivity contribution < 1.29 is 22.7 Å². The van der Waals surface area contributed by atoms with Gasteiger partial charge < -0.3 is 14.8 Å². The molecular formula is C22H28N2O5S. The number of carbonyl (C=O) groups excluding carboxylic acids is 1. The van der Waals surface area contributed by atoms with E-state index < -0.39 is 10.0 Å². The maximum absolute atomic E-state index is 12.9. The highest BCUT2D eigenvalue weighted by molar-refractivity contribution is 7.89. The summed E-state index contributed by atoms with van der Waals surface area (Å²) >= 11 is 0. The van der Waals surface area contributed by atoms with E-state index in [1.807, 2.05) is 0 Å². The Morgan fingerprint density at radius 3 is 2.40 bits per heavy atom. The smallest absolute Gasteiger partial charge is 0.243 e. The maximum atomic E-state index is 12.9. The SMILES string of the molecule is COc1cc(NC(=O)CCC2CCCN(S(=O)(=O)c3ccccc3)C2)cc(OC)c1. The van der Waals surface area contributed by atoms with E-state index in [9.17, 15) is 13.2 Å². The van der Waals surface area contributed by atoms with E-state index in [-0.39, 0.29) is 11.8 Å². The molecule has 0 bridgehead atoms. The molecule has 1 aliphatic rings. The number of amides is 1. The summed E-state index contributed by atoms with van der Waals surface area (Å²) in [5, 5.41) is 2.87. The van der Waals surface area contributed by atoms with Crippen LogP contribution in [-0.4, -0.2) is 45.9 Å². The molecule has 1 heterocycles. The van der Waals surface area contributed by atoms with Gasteiger partial charge in [0.2, 0.25) is 15.9 Å². The zero-order valence-corrected chi connectivity index (χ0v) is 18.2. The number of methoxy groups -OCH3 is 2. The van der Waals surface area contributed by atoms with Crippen molar-refractivity contribution in [3.8, 4) is 11.5 Å². The first-order valence-electron chi connectivity index (χ1n) is 10.0. The number of rotatable bonds is 8. The molecule has 0 radical (unpaired) electrons. The molecule has 0 saturated carbocycles. The summed E-state index contributed by atoms with van der Waals surface area (Å²) in [6.45, 7) is 0.959. The molecule has 1 amide bonds. The molecule has 1 atom stereocenters. The molecule has 2 aromatic carbocycles. The molecule has 1 fully saturated rings. The fourth-order valence-electron chi connectivity index (χ4n) is 3.66. The van der Waals surface area contributed by atoms with Crippen LogP contribution in [-0.2, 0) is 14.8 Å². The van der Waals surface area contributed by atoms with Crippen LogP contribution in [0, 0.1) is 5.92 Å². The summed E-state index contributed by atoms with van der Waals surface area (Å²) in [4.78, 5) is 12.7. The molecule has 30 heavy (non-hydrogen) atoms. The number of nitrogens with one attached hydrogen (secondary N) is 1. The van der Waals surface area contributed by atoms with E-state index in [1.165, 1.54) is 0 Å². The van der Waals surface area contributed by atoms with Crippen molar-refractivity contribution in [3.05, 3.63) is 48.5 Å². The van der Waals surface area contributed by atoms with Gasteiger partial charge in [0.1, 0.15) is 11.5 Å². The first kappa shape index (κ1) is 22.1. The minimum absolute atomic E-state index is 0.117. The predicted molar refractivity (Wildman–Crippen MR) is 115 cm³/mol. The van der Waals surface area contributed by atoms with Crippen molar-refractivity contribution >= 4 is 21.6 Å². The lowest BCUT2D eigenvalue weighted by molar-refractivity contribution is -0.116. The second kappa shape index (κ2) is 9.95. The molecule has 2 aromatic rings. The third kappa shape index (κ3) is 5.52. The van der Waals surface area contributed by atoms with Crippen LogP contribution in [0.2, 0.25) is 0 Å². The van der Waals surface area contributed by atoms with Crippen LogP contribution in [0.5, 0.6) is 11.5 Å². The van der Waals surface area contributed by atoms with Gasteiger partial charge in [0.15, 0.2) is 0 Å². The summed E-state index contributed by atoms with van der Waals surface area (Å²) in [5.74, 6) is 1.23. The molecule has 1 unspecified atom stereocenters. The van der Waals surface area contributed by atoms with Crippen LogP contribution in [0.1, 0.15) is 25.7 Å². The van der Waals surface area contributed by atoms with E-state index in [0.717, 1.165) is 12.8 Å². The van der Waals surface area contributed by atoms with Crippen LogP contribution in [0.25, 0.3) is 0 Å². The Balaban J connectivity index is 1.56. The van der Waals surface area contributed by atoms with Gasteiger partial charge in [-0.15, -0.1) is 0 Å². The molecule has 7 nitrogen and oxygen atoms in total. The monoisotopic (exact) mass is 432 g/mol. The Labute approximate surface area is 178 Å². The number of sulfonamides is 1. The number of piperidine rings is 1. The van der Waals surface area contributed by atoms with Crippen LogP contribution in [0.4, 0.5) is 5.69 Å². The molecule has 1 saturated heterocycles. The van der Waals surface area contributed by atoms with Crippen molar-refractivity contribution in [2.75, 3.05) is 32.6 Å². The molecule has 0 spiro atoms. The number of nitrogens with zero attached hydrogens (tertiary/aromatic N) is 1. The molecule has 1 N–H and O–H groups in total. The average molecular weight is 433 g/mol. The lowest BCUT2D eigenvalue weighted by Gasteiger charge is -2.31. The van der Waals surface area contributed by atoms with E-state index >= 15 is 0 Å². The Morgan fingerprint density at radius 2 is 1.77 bits per heavy atom. The van der Waals surface area contributed by atoms with Gasteiger partial charge in [-0.1, -0.05) is 18.2 Å². The van der Waals surface area contributed by atoms with E-state index in [0.29, 0.717) is 48.0 Å². The van der Waals surface area contributed by atoms with Gasteiger partial charge in [-0.2, -0.15) is 4.31 Å². The van der Waals surface area contributed by atoms with Crippen molar-refractivity contribution in [2.45, 2.75) is 30.6 Å². The first-order valence-corrected chi connectivity index (χ1v) is 11.4. The van der Waals surface area contributed by atoms with E-state index in [2.05, 4.69) is 5.32 Å². The van der Waals surface area contributed by atoms with Gasteiger partial charge in [0, 0.05) is 43.4 Å². The maximum Gasteiger partial charge on any atom is 0.243 e. The molecule has 3 rings (SSSR count). The van der Waals surface area contributed by atoms with Crippen molar-refractivity contribution in [2.24, 2.45) is 5.92 Å². The summed E-state index contributed by atoms with van der Waals surface area (Å²) in [5.41, 5.74) is 0.605. The highest BCUT2D eigenvalue weighted by Gasteiger charge is 2.30. The number of hydrogen-bond donors (Lipinski definition) is 1. The molecule has 0 aliphatic carbocycles. The topological polar surface area (TPSA) is 84.9 Å². The normalized spacial score (nSPS) is 17.3. The molecule has 162 valence electrons. The summed E-state index contributed by atoms with van der Waals surface area (Å²) in [7, 11) is -0.384. The summed E-state index contributed by atoms with van der Waals surface area (Å²) in [6.07, 6.45) is 2.67. The van der Waals surface area contributed by atoms with Crippen LogP contribution in [0.3, 0.4) is 0 Å². The van der Waals surface area contributed by atoms with Crippen molar-refractivity contribution in [3.63, 3.8) is 0 Å². The lowest BCUT2D eigenvalue weighted by atomic mass is 9.94. The van der Waals surface area contributed by atoms with E-state index in [4.69, 9.17) is 9.47 Å². The average Bonchev–Trinajstić information content (AvgIpc) is 2.78. The highest BCUT2D eigenvalue weighted by Crippen LogP contribution is 2.28. The largest absolute Gasteiger partial charge is 0.497 e. The minimum Gasteiger partial charge on any atom is -0.497 e. The number of ether oxygens (including phenoxy) is 2. The fraction of sp³-hybridized carbons (Fsp3) is 0.409. The summed E-state index contributed by atoms with van der Waals surface area (Å²) < 4.78 is 37.7. The Hall–Kier alpha value is -2.58. The highest BCUT2D eigenvalue weighted by atomic mass is 32.2. The number of carbonyl (C=O) groups is 1. The van der Waals surface area contributed by atoms with Gasteiger partial charge in [-0.05, 0) is 37.3 Å². The number of hydrogen-bond acceptors (Lipinski definition) is 5. The second-order valence-corrected chi connectivity index (χ2v) is 9.31. The molecule has 1 aliphatic heterocycles. The van der Waals surface area contributed by atoms with Crippen LogP contribution in [0.15, 0.2) is 53.4 Å². The van der Waals surface area contributed by atoms with Gasteiger partial charge in [0.25, 0.3) is 0 Å². The molecule has 8 heteroatoms. The van der Waals surface area contributed by atoms with Crippen LogP contribution < -0.4 is 14.8 Å². The third-order valence-electron chi connectivity index (χ3n) is 5.28. The van der Waals surface area contributed by atoms with Gasteiger partial charge in [-0.3, -0.25) is 4.79 Å². The Bertz CT molecular complexity index is 940.